The van der Waals surface area contributed by atoms with Crippen LogP contribution in [0.5, 0.6) is 0 Å². The SMILES string of the molecule is CCOC(=O)c1ccc(NC(=O)c2cncc(C(=O)NCCCN(C)C)c2)cc1. The Balaban J connectivity index is 1.96. The van der Waals surface area contributed by atoms with Crippen LogP contribution in [0.3, 0.4) is 0 Å². The Labute approximate surface area is 170 Å². The number of aromatic nitrogens is 1. The second-order valence-corrected chi connectivity index (χ2v) is 6.63. The number of rotatable bonds is 9. The molecule has 0 saturated carbocycles. The third kappa shape index (κ3) is 7.00. The molecule has 0 bridgehead atoms. The Hall–Kier alpha value is -3.26. The van der Waals surface area contributed by atoms with Gasteiger partial charge < -0.3 is 20.3 Å². The quantitative estimate of drug-likeness (QED) is 0.496. The number of hydrogen-bond acceptors (Lipinski definition) is 6. The number of amides is 2. The number of carbonyl (C=O) groups excluding carboxylic acids is 3. The number of ether oxygens (including phenoxy) is 1. The number of hydrogen-bond donors (Lipinski definition) is 2. The lowest BCUT2D eigenvalue weighted by Crippen LogP contribution is -2.27. The number of pyridine rings is 1. The van der Waals surface area contributed by atoms with Crippen LogP contribution in [-0.4, -0.2) is 61.5 Å². The smallest absolute Gasteiger partial charge is 0.338 e. The summed E-state index contributed by atoms with van der Waals surface area (Å²) >= 11 is 0. The van der Waals surface area contributed by atoms with Crippen LogP contribution in [0.25, 0.3) is 0 Å². The molecule has 0 aliphatic rings. The summed E-state index contributed by atoms with van der Waals surface area (Å²) in [5.74, 6) is -1.09. The Morgan fingerprint density at radius 1 is 1.00 bits per heavy atom. The van der Waals surface area contributed by atoms with E-state index in [4.69, 9.17) is 4.74 Å². The highest BCUT2D eigenvalue weighted by molar-refractivity contribution is 6.06. The molecule has 8 nitrogen and oxygen atoms in total. The molecule has 154 valence electrons. The van der Waals surface area contributed by atoms with Crippen molar-refractivity contribution in [2.75, 3.05) is 39.1 Å². The zero-order chi connectivity index (χ0) is 21.2. The highest BCUT2D eigenvalue weighted by Gasteiger charge is 2.12. The lowest BCUT2D eigenvalue weighted by atomic mass is 10.1. The van der Waals surface area contributed by atoms with Gasteiger partial charge in [0.25, 0.3) is 11.8 Å². The summed E-state index contributed by atoms with van der Waals surface area (Å²) in [7, 11) is 3.94. The summed E-state index contributed by atoms with van der Waals surface area (Å²) in [6.45, 7) is 3.44. The van der Waals surface area contributed by atoms with Crippen LogP contribution in [0.1, 0.15) is 44.4 Å². The number of esters is 1. The monoisotopic (exact) mass is 398 g/mol. The maximum absolute atomic E-state index is 12.5. The van der Waals surface area contributed by atoms with Gasteiger partial charge in [-0.2, -0.15) is 0 Å². The zero-order valence-corrected chi connectivity index (χ0v) is 16.9. The molecule has 0 atom stereocenters. The van der Waals surface area contributed by atoms with Crippen LogP contribution >= 0.6 is 0 Å². The van der Waals surface area contributed by atoms with Crippen molar-refractivity contribution in [3.63, 3.8) is 0 Å². The van der Waals surface area contributed by atoms with E-state index in [1.165, 1.54) is 18.5 Å². The molecule has 2 aromatic rings. The van der Waals surface area contributed by atoms with Crippen molar-refractivity contribution in [2.45, 2.75) is 13.3 Å². The molecule has 1 aromatic carbocycles. The minimum atomic E-state index is -0.418. The standard InChI is InChI=1S/C21H26N4O4/c1-4-29-21(28)15-6-8-18(9-7-15)24-20(27)17-12-16(13-22-14-17)19(26)23-10-5-11-25(2)3/h6-9,12-14H,4-5,10-11H2,1-3H3,(H,23,26)(H,24,27). The summed E-state index contributed by atoms with van der Waals surface area (Å²) in [5, 5.41) is 5.54. The normalized spacial score (nSPS) is 10.5. The van der Waals surface area contributed by atoms with Crippen molar-refractivity contribution >= 4 is 23.5 Å². The lowest BCUT2D eigenvalue weighted by Gasteiger charge is -2.10. The molecule has 2 rings (SSSR count). The highest BCUT2D eigenvalue weighted by atomic mass is 16.5. The average molecular weight is 398 g/mol. The average Bonchev–Trinajstić information content (AvgIpc) is 2.71. The number of carbonyl (C=O) groups is 3. The first-order valence-electron chi connectivity index (χ1n) is 9.37. The summed E-state index contributed by atoms with van der Waals surface area (Å²) in [6, 6.07) is 7.86. The Bertz CT molecular complexity index is 850. The lowest BCUT2D eigenvalue weighted by molar-refractivity contribution is 0.0526. The number of anilines is 1. The van der Waals surface area contributed by atoms with Crippen molar-refractivity contribution in [3.8, 4) is 0 Å². The van der Waals surface area contributed by atoms with E-state index in [-0.39, 0.29) is 11.5 Å². The molecule has 1 heterocycles. The molecule has 0 aliphatic heterocycles. The first-order valence-corrected chi connectivity index (χ1v) is 9.37. The predicted molar refractivity (Wildman–Crippen MR) is 110 cm³/mol. The maximum Gasteiger partial charge on any atom is 0.338 e. The van der Waals surface area contributed by atoms with Gasteiger partial charge in [0.2, 0.25) is 0 Å². The molecule has 29 heavy (non-hydrogen) atoms. The van der Waals surface area contributed by atoms with Gasteiger partial charge in [0.05, 0.1) is 23.3 Å². The van der Waals surface area contributed by atoms with Crippen molar-refractivity contribution in [2.24, 2.45) is 0 Å². The highest BCUT2D eigenvalue weighted by Crippen LogP contribution is 2.13. The van der Waals surface area contributed by atoms with Crippen LogP contribution in [0.15, 0.2) is 42.7 Å². The van der Waals surface area contributed by atoms with Gasteiger partial charge in [0.1, 0.15) is 0 Å². The molecule has 0 spiro atoms. The van der Waals surface area contributed by atoms with Crippen molar-refractivity contribution in [1.29, 1.82) is 0 Å². The second kappa shape index (κ2) is 10.9. The second-order valence-electron chi connectivity index (χ2n) is 6.63. The third-order valence-electron chi connectivity index (χ3n) is 3.98. The molecule has 0 fully saturated rings. The third-order valence-corrected chi connectivity index (χ3v) is 3.98. The fraction of sp³-hybridized carbons (Fsp3) is 0.333. The van der Waals surface area contributed by atoms with E-state index < -0.39 is 11.9 Å². The zero-order valence-electron chi connectivity index (χ0n) is 16.9. The Morgan fingerprint density at radius 2 is 1.66 bits per heavy atom. The number of nitrogens with zero attached hydrogens (tertiary/aromatic N) is 2. The first-order chi connectivity index (χ1) is 13.9. The fourth-order valence-corrected chi connectivity index (χ4v) is 2.49. The van der Waals surface area contributed by atoms with Crippen LogP contribution < -0.4 is 10.6 Å². The molecule has 2 amide bonds. The first kappa shape index (κ1) is 22.0. The van der Waals surface area contributed by atoms with Crippen LogP contribution in [0, 0.1) is 0 Å². The molecule has 0 radical (unpaired) electrons. The van der Waals surface area contributed by atoms with E-state index >= 15 is 0 Å². The van der Waals surface area contributed by atoms with Gasteiger partial charge in [-0.05, 0) is 64.3 Å². The molecule has 0 saturated heterocycles. The maximum atomic E-state index is 12.5. The summed E-state index contributed by atoms with van der Waals surface area (Å²) < 4.78 is 4.93. The van der Waals surface area contributed by atoms with Crippen LogP contribution in [-0.2, 0) is 4.74 Å². The van der Waals surface area contributed by atoms with Gasteiger partial charge in [0.15, 0.2) is 0 Å². The van der Waals surface area contributed by atoms with E-state index in [0.29, 0.717) is 30.0 Å². The van der Waals surface area contributed by atoms with Gasteiger partial charge in [-0.15, -0.1) is 0 Å². The fourth-order valence-electron chi connectivity index (χ4n) is 2.49. The van der Waals surface area contributed by atoms with Gasteiger partial charge >= 0.3 is 5.97 Å². The van der Waals surface area contributed by atoms with Gasteiger partial charge in [-0.3, -0.25) is 14.6 Å². The largest absolute Gasteiger partial charge is 0.462 e. The Morgan fingerprint density at radius 3 is 2.28 bits per heavy atom. The molecule has 1 aromatic heterocycles. The molecular weight excluding hydrogens is 372 g/mol. The van der Waals surface area contributed by atoms with E-state index in [2.05, 4.69) is 15.6 Å². The minimum Gasteiger partial charge on any atom is -0.462 e. The van der Waals surface area contributed by atoms with Gasteiger partial charge in [-0.1, -0.05) is 0 Å². The molecule has 0 unspecified atom stereocenters. The number of benzene rings is 1. The summed E-state index contributed by atoms with van der Waals surface area (Å²) in [6.07, 6.45) is 3.64. The summed E-state index contributed by atoms with van der Waals surface area (Å²) in [4.78, 5) is 42.4. The summed E-state index contributed by atoms with van der Waals surface area (Å²) in [5.41, 5.74) is 1.50. The van der Waals surface area contributed by atoms with E-state index in [0.717, 1.165) is 13.0 Å². The van der Waals surface area contributed by atoms with Crippen molar-refractivity contribution in [1.82, 2.24) is 15.2 Å². The van der Waals surface area contributed by atoms with Crippen molar-refractivity contribution in [3.05, 3.63) is 59.4 Å². The molecule has 8 heteroatoms. The van der Waals surface area contributed by atoms with E-state index in [1.807, 2.05) is 19.0 Å². The van der Waals surface area contributed by atoms with Crippen molar-refractivity contribution < 1.29 is 19.1 Å². The van der Waals surface area contributed by atoms with E-state index in [1.54, 1.807) is 31.2 Å². The van der Waals surface area contributed by atoms with E-state index in [9.17, 15) is 14.4 Å². The predicted octanol–water partition coefficient (Wildman–Crippen LogP) is 2.19. The number of nitrogens with one attached hydrogen (secondary N) is 2. The Kier molecular flexibility index (Phi) is 8.29. The van der Waals surface area contributed by atoms with Crippen LogP contribution in [0.4, 0.5) is 5.69 Å². The molecule has 2 N–H and O–H groups in total. The topological polar surface area (TPSA) is 101 Å². The van der Waals surface area contributed by atoms with Crippen LogP contribution in [0.2, 0.25) is 0 Å². The van der Waals surface area contributed by atoms with Gasteiger partial charge in [-0.25, -0.2) is 4.79 Å². The molecule has 0 aliphatic carbocycles. The minimum absolute atomic E-state index is 0.264. The molecular formula is C21H26N4O4. The van der Waals surface area contributed by atoms with Gasteiger partial charge in [0, 0.05) is 24.6 Å².